The predicted octanol–water partition coefficient (Wildman–Crippen LogP) is 2.69. The highest BCUT2D eigenvalue weighted by molar-refractivity contribution is 4.91. The smallest absolute Gasteiger partial charge is 0.0225 e. The number of hydrogen-bond donors (Lipinski definition) is 0. The third kappa shape index (κ3) is 4.06. The van der Waals surface area contributed by atoms with Gasteiger partial charge in [0.15, 0.2) is 0 Å². The minimum absolute atomic E-state index is 0.444. The molecule has 1 rings (SSSR count). The quantitative estimate of drug-likeness (QED) is 0.714. The Kier molecular flexibility index (Phi) is 4.07. The molecule has 1 saturated heterocycles. The molecule has 0 spiro atoms. The van der Waals surface area contributed by atoms with E-state index in [0.717, 1.165) is 0 Å². The minimum Gasteiger partial charge on any atom is -0.308 e. The van der Waals surface area contributed by atoms with Crippen molar-refractivity contribution >= 4 is 0 Å². The van der Waals surface area contributed by atoms with Crippen molar-refractivity contribution in [2.75, 3.05) is 34.2 Å². The Hall–Kier alpha value is -0.0800. The summed E-state index contributed by atoms with van der Waals surface area (Å²) >= 11 is 0. The zero-order valence-corrected chi connectivity index (χ0v) is 12.3. The lowest BCUT2D eigenvalue weighted by molar-refractivity contribution is 0.155. The zero-order valence-electron chi connectivity index (χ0n) is 12.3. The van der Waals surface area contributed by atoms with Gasteiger partial charge in [-0.25, -0.2) is 0 Å². The third-order valence-corrected chi connectivity index (χ3v) is 3.62. The van der Waals surface area contributed by atoms with Gasteiger partial charge in [0, 0.05) is 19.1 Å². The normalized spacial score (nSPS) is 30.4. The summed E-state index contributed by atoms with van der Waals surface area (Å²) in [6.07, 6.45) is 2.64. The number of likely N-dealkylation sites (N-methyl/N-ethyl adjacent to an activating group) is 2. The fourth-order valence-corrected chi connectivity index (χ4v) is 3.65. The van der Waals surface area contributed by atoms with Crippen LogP contribution in [0.1, 0.15) is 40.5 Å². The van der Waals surface area contributed by atoms with Crippen LogP contribution in [0.4, 0.5) is 0 Å². The summed E-state index contributed by atoms with van der Waals surface area (Å²) in [6, 6.07) is 0.701. The molecule has 96 valence electrons. The summed E-state index contributed by atoms with van der Waals surface area (Å²) < 4.78 is 0. The van der Waals surface area contributed by atoms with E-state index >= 15 is 0 Å². The van der Waals surface area contributed by atoms with Crippen molar-refractivity contribution in [2.45, 2.75) is 46.6 Å². The van der Waals surface area contributed by atoms with Crippen LogP contribution in [0.15, 0.2) is 0 Å². The van der Waals surface area contributed by atoms with Crippen molar-refractivity contribution in [2.24, 2.45) is 10.8 Å². The maximum atomic E-state index is 2.56. The molecule has 16 heavy (non-hydrogen) atoms. The molecular weight excluding hydrogens is 196 g/mol. The third-order valence-electron chi connectivity index (χ3n) is 3.62. The molecule has 1 aliphatic heterocycles. The first-order chi connectivity index (χ1) is 7.11. The molecule has 0 aliphatic carbocycles. The lowest BCUT2D eigenvalue weighted by Gasteiger charge is -2.32. The first-order valence-electron chi connectivity index (χ1n) is 6.46. The summed E-state index contributed by atoms with van der Waals surface area (Å²) in [5.74, 6) is 0. The van der Waals surface area contributed by atoms with Gasteiger partial charge in [0.05, 0.1) is 0 Å². The van der Waals surface area contributed by atoms with Crippen molar-refractivity contribution in [1.29, 1.82) is 0 Å². The van der Waals surface area contributed by atoms with Crippen LogP contribution in [0, 0.1) is 10.8 Å². The first kappa shape index (κ1) is 14.0. The van der Waals surface area contributed by atoms with E-state index in [1.807, 2.05) is 0 Å². The number of hydrogen-bond acceptors (Lipinski definition) is 2. The van der Waals surface area contributed by atoms with Crippen molar-refractivity contribution < 1.29 is 0 Å². The number of nitrogens with zero attached hydrogens (tertiary/aromatic N) is 2. The van der Waals surface area contributed by atoms with Crippen molar-refractivity contribution in [3.05, 3.63) is 0 Å². The van der Waals surface area contributed by atoms with E-state index < -0.39 is 0 Å². The SMILES string of the molecule is CN(C)CC1CC(C)(C)CC(C)(C)CN1C. The van der Waals surface area contributed by atoms with E-state index in [9.17, 15) is 0 Å². The molecule has 1 atom stereocenters. The predicted molar refractivity (Wildman–Crippen MR) is 71.8 cm³/mol. The molecule has 0 saturated carbocycles. The molecule has 1 aliphatic rings. The fourth-order valence-electron chi connectivity index (χ4n) is 3.65. The molecule has 2 heteroatoms. The summed E-state index contributed by atoms with van der Waals surface area (Å²) in [5.41, 5.74) is 0.911. The van der Waals surface area contributed by atoms with Crippen LogP contribution < -0.4 is 0 Å². The number of rotatable bonds is 2. The maximum Gasteiger partial charge on any atom is 0.0225 e. The van der Waals surface area contributed by atoms with Crippen LogP contribution in [-0.2, 0) is 0 Å². The summed E-state index contributed by atoms with van der Waals surface area (Å²) in [5, 5.41) is 0. The second-order valence-corrected chi connectivity index (χ2v) is 7.54. The average Bonchev–Trinajstić information content (AvgIpc) is 2.02. The van der Waals surface area contributed by atoms with Crippen LogP contribution in [0.5, 0.6) is 0 Å². The molecule has 1 unspecified atom stereocenters. The molecule has 0 N–H and O–H groups in total. The lowest BCUT2D eigenvalue weighted by atomic mass is 9.74. The average molecular weight is 226 g/mol. The van der Waals surface area contributed by atoms with Gasteiger partial charge in [-0.15, -0.1) is 0 Å². The van der Waals surface area contributed by atoms with E-state index in [1.54, 1.807) is 0 Å². The van der Waals surface area contributed by atoms with Crippen molar-refractivity contribution in [1.82, 2.24) is 9.80 Å². The number of likely N-dealkylation sites (tertiary alicyclic amines) is 1. The van der Waals surface area contributed by atoms with Gasteiger partial charge in [-0.3, -0.25) is 0 Å². The lowest BCUT2D eigenvalue weighted by Crippen LogP contribution is -2.42. The van der Waals surface area contributed by atoms with Gasteiger partial charge >= 0.3 is 0 Å². The van der Waals surface area contributed by atoms with E-state index in [2.05, 4.69) is 58.6 Å². The summed E-state index contributed by atoms with van der Waals surface area (Å²) in [4.78, 5) is 4.88. The molecule has 0 bridgehead atoms. The fraction of sp³-hybridized carbons (Fsp3) is 1.00. The van der Waals surface area contributed by atoms with E-state index in [1.165, 1.54) is 25.9 Å². The topological polar surface area (TPSA) is 6.48 Å². The Labute approximate surface area is 102 Å². The molecule has 1 fully saturated rings. The second kappa shape index (κ2) is 4.66. The standard InChI is InChI=1S/C14H30N2/c1-13(2)8-12(9-15(5)6)16(7)11-14(3,4)10-13/h12H,8-11H2,1-7H3. The van der Waals surface area contributed by atoms with Crippen molar-refractivity contribution in [3.8, 4) is 0 Å². The Balaban J connectivity index is 2.80. The molecule has 0 aromatic heterocycles. The second-order valence-electron chi connectivity index (χ2n) is 7.54. The molecule has 0 radical (unpaired) electrons. The van der Waals surface area contributed by atoms with Gasteiger partial charge in [-0.05, 0) is 44.8 Å². The Bertz CT molecular complexity index is 231. The molecule has 0 amide bonds. The minimum atomic E-state index is 0.444. The largest absolute Gasteiger partial charge is 0.308 e. The molecule has 0 aromatic rings. The summed E-state index contributed by atoms with van der Waals surface area (Å²) in [7, 11) is 6.64. The summed E-state index contributed by atoms with van der Waals surface area (Å²) in [6.45, 7) is 12.1. The van der Waals surface area contributed by atoms with Crippen LogP contribution in [-0.4, -0.2) is 50.1 Å². The van der Waals surface area contributed by atoms with Crippen LogP contribution in [0.25, 0.3) is 0 Å². The van der Waals surface area contributed by atoms with Crippen molar-refractivity contribution in [3.63, 3.8) is 0 Å². The van der Waals surface area contributed by atoms with Gasteiger partial charge in [0.2, 0.25) is 0 Å². The van der Waals surface area contributed by atoms with E-state index in [0.29, 0.717) is 16.9 Å². The first-order valence-corrected chi connectivity index (χ1v) is 6.46. The van der Waals surface area contributed by atoms with Gasteiger partial charge in [0.1, 0.15) is 0 Å². The Morgan fingerprint density at radius 2 is 1.69 bits per heavy atom. The highest BCUT2D eigenvalue weighted by Gasteiger charge is 2.37. The van der Waals surface area contributed by atoms with Crippen LogP contribution in [0.2, 0.25) is 0 Å². The van der Waals surface area contributed by atoms with E-state index in [4.69, 9.17) is 0 Å². The molecule has 2 nitrogen and oxygen atoms in total. The van der Waals surface area contributed by atoms with Crippen LogP contribution in [0.3, 0.4) is 0 Å². The highest BCUT2D eigenvalue weighted by Crippen LogP contribution is 2.41. The van der Waals surface area contributed by atoms with E-state index in [-0.39, 0.29) is 0 Å². The van der Waals surface area contributed by atoms with Gasteiger partial charge in [0.25, 0.3) is 0 Å². The Morgan fingerprint density at radius 3 is 2.19 bits per heavy atom. The monoisotopic (exact) mass is 226 g/mol. The van der Waals surface area contributed by atoms with Gasteiger partial charge < -0.3 is 9.80 Å². The van der Waals surface area contributed by atoms with Gasteiger partial charge in [-0.2, -0.15) is 0 Å². The molecular formula is C14H30N2. The van der Waals surface area contributed by atoms with Crippen LogP contribution >= 0.6 is 0 Å². The van der Waals surface area contributed by atoms with Gasteiger partial charge in [-0.1, -0.05) is 27.7 Å². The molecule has 1 heterocycles. The highest BCUT2D eigenvalue weighted by atomic mass is 15.2. The Morgan fingerprint density at radius 1 is 1.12 bits per heavy atom. The molecule has 0 aromatic carbocycles. The maximum absolute atomic E-state index is 2.56. The zero-order chi connectivity index (χ0) is 12.6.